The molecular weight excluding hydrogens is 168 g/mol. The molecule has 2 heterocycles. The van der Waals surface area contributed by atoms with Crippen LogP contribution >= 0.6 is 0 Å². The molecule has 3 N–H and O–H groups in total. The fourth-order valence-corrected chi connectivity index (χ4v) is 1.32. The van der Waals surface area contributed by atoms with Crippen LogP contribution in [-0.4, -0.2) is 39.3 Å². The van der Waals surface area contributed by atoms with Crippen molar-refractivity contribution in [3.05, 3.63) is 11.9 Å². The molecule has 0 aliphatic carbocycles. The standard InChI is InChI=1S/C7H12N6/c1-13-11-7(10-12-13)5-2-6(8)4-9-3-5/h2,6,9H,3-4,8H2,1H3. The second-order valence-corrected chi connectivity index (χ2v) is 3.09. The monoisotopic (exact) mass is 180 g/mol. The molecule has 1 unspecified atom stereocenters. The highest BCUT2D eigenvalue weighted by molar-refractivity contribution is 5.62. The van der Waals surface area contributed by atoms with Crippen molar-refractivity contribution in [2.75, 3.05) is 13.1 Å². The molecule has 1 aromatic heterocycles. The van der Waals surface area contributed by atoms with Crippen LogP contribution in [0.15, 0.2) is 6.08 Å². The van der Waals surface area contributed by atoms with E-state index in [0.29, 0.717) is 5.82 Å². The van der Waals surface area contributed by atoms with Crippen LogP contribution in [0.1, 0.15) is 5.82 Å². The van der Waals surface area contributed by atoms with Gasteiger partial charge >= 0.3 is 0 Å². The molecule has 6 heteroatoms. The SMILES string of the molecule is Cn1nnc(C2=CC(N)CNC2)n1. The number of nitrogens with two attached hydrogens (primary N) is 1. The van der Waals surface area contributed by atoms with Crippen LogP contribution in [-0.2, 0) is 7.05 Å². The molecule has 0 fully saturated rings. The molecule has 0 saturated carbocycles. The van der Waals surface area contributed by atoms with E-state index in [1.54, 1.807) is 7.05 Å². The molecule has 1 aromatic rings. The van der Waals surface area contributed by atoms with E-state index < -0.39 is 0 Å². The molecule has 0 aromatic carbocycles. The predicted molar refractivity (Wildman–Crippen MR) is 47.6 cm³/mol. The van der Waals surface area contributed by atoms with Gasteiger partial charge in [-0.3, -0.25) is 0 Å². The average molecular weight is 180 g/mol. The Morgan fingerprint density at radius 1 is 1.69 bits per heavy atom. The minimum Gasteiger partial charge on any atom is -0.323 e. The number of nitrogens with one attached hydrogen (secondary N) is 1. The highest BCUT2D eigenvalue weighted by atomic mass is 15.6. The van der Waals surface area contributed by atoms with E-state index in [1.807, 2.05) is 6.08 Å². The zero-order chi connectivity index (χ0) is 9.26. The minimum atomic E-state index is 0.0487. The predicted octanol–water partition coefficient (Wildman–Crippen LogP) is -1.48. The fraction of sp³-hybridized carbons (Fsp3) is 0.571. The van der Waals surface area contributed by atoms with Crippen molar-refractivity contribution in [2.45, 2.75) is 6.04 Å². The van der Waals surface area contributed by atoms with Crippen molar-refractivity contribution in [3.63, 3.8) is 0 Å². The van der Waals surface area contributed by atoms with Gasteiger partial charge in [0.15, 0.2) is 0 Å². The Kier molecular flexibility index (Phi) is 2.07. The van der Waals surface area contributed by atoms with Crippen LogP contribution in [0.2, 0.25) is 0 Å². The first kappa shape index (κ1) is 8.33. The van der Waals surface area contributed by atoms with Crippen LogP contribution in [0.4, 0.5) is 0 Å². The van der Waals surface area contributed by atoms with Crippen molar-refractivity contribution >= 4 is 5.57 Å². The van der Waals surface area contributed by atoms with E-state index in [2.05, 4.69) is 20.7 Å². The molecule has 0 spiro atoms. The molecule has 13 heavy (non-hydrogen) atoms. The van der Waals surface area contributed by atoms with Crippen LogP contribution in [0.3, 0.4) is 0 Å². The van der Waals surface area contributed by atoms with E-state index in [-0.39, 0.29) is 6.04 Å². The van der Waals surface area contributed by atoms with Crippen LogP contribution in [0.25, 0.3) is 5.57 Å². The zero-order valence-electron chi connectivity index (χ0n) is 7.44. The summed E-state index contributed by atoms with van der Waals surface area (Å²) in [6.07, 6.45) is 1.98. The Hall–Kier alpha value is -1.27. The molecule has 0 amide bonds. The summed E-state index contributed by atoms with van der Waals surface area (Å²) >= 11 is 0. The number of tetrazole rings is 1. The highest BCUT2D eigenvalue weighted by Crippen LogP contribution is 2.09. The summed E-state index contributed by atoms with van der Waals surface area (Å²) in [5.74, 6) is 0.658. The van der Waals surface area contributed by atoms with Gasteiger partial charge in [-0.1, -0.05) is 6.08 Å². The molecule has 2 rings (SSSR count). The van der Waals surface area contributed by atoms with Gasteiger partial charge in [0, 0.05) is 24.7 Å². The maximum atomic E-state index is 5.75. The van der Waals surface area contributed by atoms with Gasteiger partial charge in [-0.05, 0) is 5.21 Å². The summed E-state index contributed by atoms with van der Waals surface area (Å²) in [5, 5.41) is 15.0. The molecule has 1 aliphatic rings. The molecular formula is C7H12N6. The Morgan fingerprint density at radius 3 is 3.15 bits per heavy atom. The number of aromatic nitrogens is 4. The normalized spacial score (nSPS) is 22.9. The topological polar surface area (TPSA) is 81.7 Å². The first-order valence-electron chi connectivity index (χ1n) is 4.17. The van der Waals surface area contributed by atoms with Gasteiger partial charge in [0.05, 0.1) is 7.05 Å². The molecule has 0 bridgehead atoms. The lowest BCUT2D eigenvalue weighted by molar-refractivity contribution is 0.628. The van der Waals surface area contributed by atoms with E-state index in [1.165, 1.54) is 4.80 Å². The third-order valence-corrected chi connectivity index (χ3v) is 1.91. The summed E-state index contributed by atoms with van der Waals surface area (Å²) in [6.45, 7) is 1.57. The number of nitrogens with zero attached hydrogens (tertiary/aromatic N) is 4. The van der Waals surface area contributed by atoms with Gasteiger partial charge in [-0.25, -0.2) is 0 Å². The van der Waals surface area contributed by atoms with Gasteiger partial charge in [0.2, 0.25) is 5.82 Å². The van der Waals surface area contributed by atoms with Crippen LogP contribution in [0, 0.1) is 0 Å². The maximum absolute atomic E-state index is 5.75. The molecule has 0 radical (unpaired) electrons. The molecule has 70 valence electrons. The third kappa shape index (κ3) is 1.73. The number of rotatable bonds is 1. The molecule has 0 saturated heterocycles. The van der Waals surface area contributed by atoms with E-state index in [9.17, 15) is 0 Å². The lowest BCUT2D eigenvalue weighted by Gasteiger charge is -2.16. The van der Waals surface area contributed by atoms with Gasteiger partial charge < -0.3 is 11.1 Å². The average Bonchev–Trinajstić information content (AvgIpc) is 2.52. The maximum Gasteiger partial charge on any atom is 0.201 e. The van der Waals surface area contributed by atoms with Crippen molar-refractivity contribution in [1.82, 2.24) is 25.5 Å². The van der Waals surface area contributed by atoms with Crippen molar-refractivity contribution in [2.24, 2.45) is 12.8 Å². The van der Waals surface area contributed by atoms with Gasteiger partial charge in [0.25, 0.3) is 0 Å². The second kappa shape index (κ2) is 3.23. The lowest BCUT2D eigenvalue weighted by atomic mass is 10.1. The lowest BCUT2D eigenvalue weighted by Crippen LogP contribution is -2.37. The van der Waals surface area contributed by atoms with Crippen molar-refractivity contribution in [1.29, 1.82) is 0 Å². The fourth-order valence-electron chi connectivity index (χ4n) is 1.32. The quantitative estimate of drug-likeness (QED) is 0.551. The second-order valence-electron chi connectivity index (χ2n) is 3.09. The van der Waals surface area contributed by atoms with Crippen LogP contribution < -0.4 is 11.1 Å². The Labute approximate surface area is 75.8 Å². The summed E-state index contributed by atoms with van der Waals surface area (Å²) in [7, 11) is 1.74. The summed E-state index contributed by atoms with van der Waals surface area (Å²) in [6, 6.07) is 0.0487. The number of hydrogen-bond acceptors (Lipinski definition) is 5. The zero-order valence-corrected chi connectivity index (χ0v) is 7.44. The van der Waals surface area contributed by atoms with Crippen LogP contribution in [0.5, 0.6) is 0 Å². The van der Waals surface area contributed by atoms with E-state index >= 15 is 0 Å². The Bertz CT molecular complexity index is 327. The van der Waals surface area contributed by atoms with Crippen molar-refractivity contribution in [3.8, 4) is 0 Å². The van der Waals surface area contributed by atoms with Gasteiger partial charge in [0.1, 0.15) is 0 Å². The largest absolute Gasteiger partial charge is 0.323 e. The molecule has 1 aliphatic heterocycles. The Morgan fingerprint density at radius 2 is 2.54 bits per heavy atom. The van der Waals surface area contributed by atoms with Gasteiger partial charge in [-0.15, -0.1) is 10.2 Å². The summed E-state index contributed by atoms with van der Waals surface area (Å²) < 4.78 is 0. The highest BCUT2D eigenvalue weighted by Gasteiger charge is 2.13. The number of hydrogen-bond donors (Lipinski definition) is 2. The van der Waals surface area contributed by atoms with E-state index in [4.69, 9.17) is 5.73 Å². The van der Waals surface area contributed by atoms with Gasteiger partial charge in [-0.2, -0.15) is 4.80 Å². The van der Waals surface area contributed by atoms with Crippen molar-refractivity contribution < 1.29 is 0 Å². The summed E-state index contributed by atoms with van der Waals surface area (Å²) in [4.78, 5) is 1.44. The molecule has 6 nitrogen and oxygen atoms in total. The first-order chi connectivity index (χ1) is 6.25. The molecule has 1 atom stereocenters. The Balaban J connectivity index is 2.25. The smallest absolute Gasteiger partial charge is 0.201 e. The first-order valence-corrected chi connectivity index (χ1v) is 4.17. The third-order valence-electron chi connectivity index (χ3n) is 1.91. The summed E-state index contributed by atoms with van der Waals surface area (Å²) in [5.41, 5.74) is 6.77. The van der Waals surface area contributed by atoms with E-state index in [0.717, 1.165) is 18.7 Å². The number of aryl methyl sites for hydroxylation is 1. The minimum absolute atomic E-state index is 0.0487.